The van der Waals surface area contributed by atoms with Gasteiger partial charge in [-0.15, -0.1) is 0 Å². The summed E-state index contributed by atoms with van der Waals surface area (Å²) in [4.78, 5) is 19.2. The maximum atomic E-state index is 12.3. The lowest BCUT2D eigenvalue weighted by molar-refractivity contribution is 0.0725. The van der Waals surface area contributed by atoms with Crippen LogP contribution in [0, 0.1) is 16.7 Å². The minimum absolute atomic E-state index is 0.0581. The Morgan fingerprint density at radius 1 is 1.68 bits per heavy atom. The molecule has 0 radical (unpaired) electrons. The van der Waals surface area contributed by atoms with Crippen molar-refractivity contribution < 1.29 is 4.79 Å². The van der Waals surface area contributed by atoms with Gasteiger partial charge in [-0.1, -0.05) is 6.92 Å². The van der Waals surface area contributed by atoms with Crippen LogP contribution in [0.3, 0.4) is 0 Å². The van der Waals surface area contributed by atoms with Gasteiger partial charge in [0, 0.05) is 26.3 Å². The van der Waals surface area contributed by atoms with Gasteiger partial charge >= 0.3 is 0 Å². The van der Waals surface area contributed by atoms with Crippen LogP contribution < -0.4 is 0 Å². The monoisotopic (exact) mass is 260 g/mol. The van der Waals surface area contributed by atoms with Gasteiger partial charge in [0.2, 0.25) is 0 Å². The highest BCUT2D eigenvalue weighted by Crippen LogP contribution is 2.29. The van der Waals surface area contributed by atoms with Crippen LogP contribution in [0.15, 0.2) is 12.3 Å². The third-order valence-electron chi connectivity index (χ3n) is 3.76. The Balaban J connectivity index is 2.02. The number of aromatic amines is 1. The van der Waals surface area contributed by atoms with E-state index in [1.807, 2.05) is 13.1 Å². The Hall–Kier alpha value is -1.80. The van der Waals surface area contributed by atoms with Crippen molar-refractivity contribution in [2.45, 2.75) is 13.3 Å². The van der Waals surface area contributed by atoms with E-state index in [4.69, 9.17) is 5.26 Å². The minimum Gasteiger partial charge on any atom is -0.356 e. The average Bonchev–Trinajstić information content (AvgIpc) is 2.95. The zero-order chi connectivity index (χ0) is 14.0. The lowest BCUT2D eigenvalue weighted by atomic mass is 9.89. The number of nitrogens with zero attached hydrogens (tertiary/aromatic N) is 3. The molecule has 1 aromatic heterocycles. The smallest absolute Gasteiger partial charge is 0.270 e. The maximum Gasteiger partial charge on any atom is 0.270 e. The first-order valence-electron chi connectivity index (χ1n) is 6.46. The number of amides is 1. The molecule has 5 heteroatoms. The largest absolute Gasteiger partial charge is 0.356 e. The first kappa shape index (κ1) is 13.6. The number of hydrogen-bond donors (Lipinski definition) is 1. The molecule has 1 amide bonds. The van der Waals surface area contributed by atoms with E-state index in [0.29, 0.717) is 11.3 Å². The molecule has 1 atom stereocenters. The third-order valence-corrected chi connectivity index (χ3v) is 3.76. The van der Waals surface area contributed by atoms with Crippen LogP contribution in [-0.4, -0.2) is 54.4 Å². The summed E-state index contributed by atoms with van der Waals surface area (Å²) in [6.07, 6.45) is 2.67. The Morgan fingerprint density at radius 3 is 2.95 bits per heavy atom. The summed E-state index contributed by atoms with van der Waals surface area (Å²) in [6.45, 7) is 5.05. The second kappa shape index (κ2) is 5.06. The molecule has 1 aromatic rings. The van der Waals surface area contributed by atoms with E-state index < -0.39 is 0 Å². The SMILES string of the molecule is CN1CC[C@](C)(CN(C)C(=O)c2cc(C#N)c[nH]2)C1. The van der Waals surface area contributed by atoms with Gasteiger partial charge in [0.1, 0.15) is 11.8 Å². The molecule has 102 valence electrons. The van der Waals surface area contributed by atoms with Gasteiger partial charge in [-0.2, -0.15) is 5.26 Å². The average molecular weight is 260 g/mol. The van der Waals surface area contributed by atoms with Gasteiger partial charge in [0.25, 0.3) is 5.91 Å². The molecule has 0 aliphatic carbocycles. The molecule has 5 nitrogen and oxygen atoms in total. The molecule has 1 N–H and O–H groups in total. The van der Waals surface area contributed by atoms with E-state index in [2.05, 4.69) is 23.9 Å². The maximum absolute atomic E-state index is 12.3. The predicted octanol–water partition coefficient (Wildman–Crippen LogP) is 1.30. The number of nitrogens with one attached hydrogen (secondary N) is 1. The van der Waals surface area contributed by atoms with Crippen molar-refractivity contribution in [1.29, 1.82) is 5.26 Å². The zero-order valence-corrected chi connectivity index (χ0v) is 11.7. The van der Waals surface area contributed by atoms with Gasteiger partial charge in [0.15, 0.2) is 0 Å². The highest BCUT2D eigenvalue weighted by atomic mass is 16.2. The van der Waals surface area contributed by atoms with Crippen molar-refractivity contribution in [2.24, 2.45) is 5.41 Å². The summed E-state index contributed by atoms with van der Waals surface area (Å²) in [5.41, 5.74) is 1.13. The number of nitriles is 1. The Bertz CT molecular complexity index is 516. The molecule has 1 aliphatic heterocycles. The van der Waals surface area contributed by atoms with E-state index in [1.54, 1.807) is 17.2 Å². The number of aromatic nitrogens is 1. The summed E-state index contributed by atoms with van der Waals surface area (Å²) >= 11 is 0. The topological polar surface area (TPSA) is 63.1 Å². The fourth-order valence-electron chi connectivity index (χ4n) is 2.83. The second-order valence-electron chi connectivity index (χ2n) is 5.87. The van der Waals surface area contributed by atoms with Crippen LogP contribution in [-0.2, 0) is 0 Å². The van der Waals surface area contributed by atoms with Crippen molar-refractivity contribution in [3.05, 3.63) is 23.5 Å². The highest BCUT2D eigenvalue weighted by Gasteiger charge is 2.34. The van der Waals surface area contributed by atoms with Crippen LogP contribution in [0.5, 0.6) is 0 Å². The molecule has 0 unspecified atom stereocenters. The van der Waals surface area contributed by atoms with Crippen molar-refractivity contribution in [2.75, 3.05) is 33.7 Å². The molecule has 0 bridgehead atoms. The predicted molar refractivity (Wildman–Crippen MR) is 72.7 cm³/mol. The normalized spacial score (nSPS) is 23.3. The number of hydrogen-bond acceptors (Lipinski definition) is 3. The Kier molecular flexibility index (Phi) is 3.63. The van der Waals surface area contributed by atoms with Gasteiger partial charge in [0.05, 0.1) is 5.56 Å². The molecule has 2 heterocycles. The molecule has 1 saturated heterocycles. The van der Waals surface area contributed by atoms with E-state index >= 15 is 0 Å². The fraction of sp³-hybridized carbons (Fsp3) is 0.571. The number of rotatable bonds is 3. The standard InChI is InChI=1S/C14H20N4O/c1-14(4-5-17(2)9-14)10-18(3)13(19)12-6-11(7-15)8-16-12/h6,8,16H,4-5,9-10H2,1-3H3/t14-/m0/s1. The lowest BCUT2D eigenvalue weighted by Crippen LogP contribution is -2.38. The number of carbonyl (C=O) groups excluding carboxylic acids is 1. The minimum atomic E-state index is -0.0581. The van der Waals surface area contributed by atoms with Gasteiger partial charge < -0.3 is 14.8 Å². The van der Waals surface area contributed by atoms with E-state index in [0.717, 1.165) is 26.1 Å². The lowest BCUT2D eigenvalue weighted by Gasteiger charge is -2.29. The molecule has 2 rings (SSSR count). The van der Waals surface area contributed by atoms with Crippen LogP contribution in [0.2, 0.25) is 0 Å². The molecular weight excluding hydrogens is 240 g/mol. The first-order chi connectivity index (χ1) is 8.93. The summed E-state index contributed by atoms with van der Waals surface area (Å²) < 4.78 is 0. The Labute approximate surface area is 113 Å². The van der Waals surface area contributed by atoms with E-state index in [-0.39, 0.29) is 11.3 Å². The third kappa shape index (κ3) is 2.96. The fourth-order valence-corrected chi connectivity index (χ4v) is 2.83. The molecule has 0 spiro atoms. The molecule has 19 heavy (non-hydrogen) atoms. The van der Waals surface area contributed by atoms with Crippen LogP contribution in [0.25, 0.3) is 0 Å². The molecule has 0 saturated carbocycles. The van der Waals surface area contributed by atoms with Crippen LogP contribution in [0.4, 0.5) is 0 Å². The molecule has 0 aromatic carbocycles. The van der Waals surface area contributed by atoms with Crippen molar-refractivity contribution in [3.8, 4) is 6.07 Å². The van der Waals surface area contributed by atoms with E-state index in [1.165, 1.54) is 0 Å². The van der Waals surface area contributed by atoms with Gasteiger partial charge in [-0.25, -0.2) is 0 Å². The number of likely N-dealkylation sites (tertiary alicyclic amines) is 1. The quantitative estimate of drug-likeness (QED) is 0.891. The van der Waals surface area contributed by atoms with Crippen molar-refractivity contribution >= 4 is 5.91 Å². The molecular formula is C14H20N4O. The zero-order valence-electron chi connectivity index (χ0n) is 11.7. The summed E-state index contributed by atoms with van der Waals surface area (Å²) in [7, 11) is 3.93. The summed E-state index contributed by atoms with van der Waals surface area (Å²) in [6, 6.07) is 3.62. The van der Waals surface area contributed by atoms with Gasteiger partial charge in [-0.3, -0.25) is 4.79 Å². The Morgan fingerprint density at radius 2 is 2.42 bits per heavy atom. The number of H-pyrrole nitrogens is 1. The molecule has 1 fully saturated rings. The summed E-state index contributed by atoms with van der Waals surface area (Å²) in [5.74, 6) is -0.0581. The van der Waals surface area contributed by atoms with Crippen LogP contribution in [0.1, 0.15) is 29.4 Å². The van der Waals surface area contributed by atoms with E-state index in [9.17, 15) is 4.79 Å². The van der Waals surface area contributed by atoms with Crippen molar-refractivity contribution in [1.82, 2.24) is 14.8 Å². The van der Waals surface area contributed by atoms with Gasteiger partial charge in [-0.05, 0) is 31.5 Å². The second-order valence-corrected chi connectivity index (χ2v) is 5.87. The highest BCUT2D eigenvalue weighted by molar-refractivity contribution is 5.92. The first-order valence-corrected chi connectivity index (χ1v) is 6.46. The van der Waals surface area contributed by atoms with Crippen LogP contribution >= 0.6 is 0 Å². The summed E-state index contributed by atoms with van der Waals surface area (Å²) in [5, 5.41) is 8.77. The molecule has 1 aliphatic rings. The number of carbonyl (C=O) groups is 1. The van der Waals surface area contributed by atoms with Crippen molar-refractivity contribution in [3.63, 3.8) is 0 Å².